The van der Waals surface area contributed by atoms with Gasteiger partial charge in [-0.15, -0.1) is 6.58 Å². The Morgan fingerprint density at radius 2 is 1.93 bits per heavy atom. The number of halogens is 1. The van der Waals surface area contributed by atoms with E-state index in [1.807, 2.05) is 6.08 Å². The third kappa shape index (κ3) is 4.07. The van der Waals surface area contributed by atoms with E-state index < -0.39 is 0 Å². The van der Waals surface area contributed by atoms with Crippen molar-refractivity contribution in [3.05, 3.63) is 48.3 Å². The Kier molecular flexibility index (Phi) is 4.75. The molecule has 0 saturated heterocycles. The highest BCUT2D eigenvalue weighted by Gasteiger charge is 2.04. The molecule has 1 rings (SSSR count). The van der Waals surface area contributed by atoms with Crippen LogP contribution in [0.3, 0.4) is 0 Å². The van der Waals surface area contributed by atoms with Crippen LogP contribution >= 0.6 is 0 Å². The van der Waals surface area contributed by atoms with E-state index in [9.17, 15) is 9.18 Å². The molecule has 0 atom stereocenters. The van der Waals surface area contributed by atoms with Crippen molar-refractivity contribution in [3.8, 4) is 0 Å². The summed E-state index contributed by atoms with van der Waals surface area (Å²) in [5.74, 6) is -0.225. The van der Waals surface area contributed by atoms with E-state index in [0.717, 1.165) is 19.3 Å². The second-order valence-electron chi connectivity index (χ2n) is 3.46. The van der Waals surface area contributed by atoms with E-state index in [2.05, 4.69) is 6.58 Å². The molecule has 0 spiro atoms. The van der Waals surface area contributed by atoms with Crippen molar-refractivity contribution in [2.75, 3.05) is 0 Å². The number of hydrogen-bond donors (Lipinski definition) is 0. The fraction of sp³-hybridized carbons (Fsp3) is 0.308. The van der Waals surface area contributed by atoms with Crippen LogP contribution in [0.2, 0.25) is 0 Å². The molecule has 15 heavy (non-hydrogen) atoms. The summed E-state index contributed by atoms with van der Waals surface area (Å²) in [6.45, 7) is 3.62. The van der Waals surface area contributed by atoms with Crippen LogP contribution < -0.4 is 0 Å². The summed E-state index contributed by atoms with van der Waals surface area (Å²) < 4.78 is 12.6. The van der Waals surface area contributed by atoms with Crippen LogP contribution in [0.15, 0.2) is 36.9 Å². The number of unbranched alkanes of at least 4 members (excludes halogenated alkanes) is 2. The van der Waals surface area contributed by atoms with Gasteiger partial charge in [0.2, 0.25) is 0 Å². The van der Waals surface area contributed by atoms with Gasteiger partial charge in [0.05, 0.1) is 0 Å². The summed E-state index contributed by atoms with van der Waals surface area (Å²) in [6, 6.07) is 5.70. The van der Waals surface area contributed by atoms with Crippen LogP contribution in [0, 0.1) is 5.82 Å². The number of carbonyl (C=O) groups is 1. The topological polar surface area (TPSA) is 17.1 Å². The molecule has 1 nitrogen and oxygen atoms in total. The number of hydrogen-bond acceptors (Lipinski definition) is 1. The van der Waals surface area contributed by atoms with Crippen LogP contribution in [0.1, 0.15) is 36.0 Å². The van der Waals surface area contributed by atoms with E-state index >= 15 is 0 Å². The average Bonchev–Trinajstić information content (AvgIpc) is 2.25. The van der Waals surface area contributed by atoms with Crippen molar-refractivity contribution in [2.24, 2.45) is 0 Å². The number of carbonyl (C=O) groups excluding carboxylic acids is 1. The van der Waals surface area contributed by atoms with Crippen LogP contribution in [0.4, 0.5) is 4.39 Å². The van der Waals surface area contributed by atoms with Crippen LogP contribution in [0.25, 0.3) is 0 Å². The maximum Gasteiger partial charge on any atom is 0.162 e. The van der Waals surface area contributed by atoms with Gasteiger partial charge in [-0.25, -0.2) is 4.39 Å². The summed E-state index contributed by atoms with van der Waals surface area (Å²) >= 11 is 0. The van der Waals surface area contributed by atoms with E-state index in [-0.39, 0.29) is 11.6 Å². The van der Waals surface area contributed by atoms with E-state index in [4.69, 9.17) is 0 Å². The number of allylic oxidation sites excluding steroid dienone is 1. The first kappa shape index (κ1) is 11.6. The highest BCUT2D eigenvalue weighted by molar-refractivity contribution is 5.95. The lowest BCUT2D eigenvalue weighted by molar-refractivity contribution is 0.0979. The molecule has 0 N–H and O–H groups in total. The van der Waals surface area contributed by atoms with Crippen LogP contribution in [-0.2, 0) is 0 Å². The molecule has 0 aliphatic carbocycles. The summed E-state index contributed by atoms with van der Waals surface area (Å²) in [4.78, 5) is 11.6. The molecule has 1 aromatic rings. The van der Waals surface area contributed by atoms with Crippen LogP contribution in [-0.4, -0.2) is 5.78 Å². The fourth-order valence-electron chi connectivity index (χ4n) is 1.35. The highest BCUT2D eigenvalue weighted by Crippen LogP contribution is 2.09. The van der Waals surface area contributed by atoms with Crippen molar-refractivity contribution < 1.29 is 9.18 Å². The van der Waals surface area contributed by atoms with Gasteiger partial charge >= 0.3 is 0 Å². The lowest BCUT2D eigenvalue weighted by atomic mass is 10.0. The smallest absolute Gasteiger partial charge is 0.162 e. The zero-order valence-electron chi connectivity index (χ0n) is 8.71. The van der Waals surface area contributed by atoms with Gasteiger partial charge in [-0.2, -0.15) is 0 Å². The van der Waals surface area contributed by atoms with Gasteiger partial charge < -0.3 is 0 Å². The van der Waals surface area contributed by atoms with Crippen LogP contribution in [0.5, 0.6) is 0 Å². The van der Waals surface area contributed by atoms with Gasteiger partial charge in [0.15, 0.2) is 5.78 Å². The molecule has 2 heteroatoms. The Morgan fingerprint density at radius 1 is 1.27 bits per heavy atom. The third-order valence-electron chi connectivity index (χ3n) is 2.23. The molecule has 0 aromatic heterocycles. The second kappa shape index (κ2) is 6.12. The van der Waals surface area contributed by atoms with Crippen molar-refractivity contribution in [2.45, 2.75) is 25.7 Å². The molecule has 0 fully saturated rings. The minimum Gasteiger partial charge on any atom is -0.294 e. The van der Waals surface area contributed by atoms with Crippen molar-refractivity contribution in [1.82, 2.24) is 0 Å². The quantitative estimate of drug-likeness (QED) is 0.393. The first-order valence-corrected chi connectivity index (χ1v) is 5.13. The molecule has 0 amide bonds. The summed E-state index contributed by atoms with van der Waals surface area (Å²) in [5.41, 5.74) is 0.593. The summed E-state index contributed by atoms with van der Waals surface area (Å²) in [6.07, 6.45) is 5.16. The predicted molar refractivity (Wildman–Crippen MR) is 59.4 cm³/mol. The van der Waals surface area contributed by atoms with Gasteiger partial charge in [0.1, 0.15) is 5.82 Å². The predicted octanol–water partition coefficient (Wildman–Crippen LogP) is 3.75. The molecule has 80 valence electrons. The lowest BCUT2D eigenvalue weighted by Crippen LogP contribution is -1.98. The minimum absolute atomic E-state index is 0.0825. The average molecular weight is 206 g/mol. The standard InChI is InChI=1S/C13H15FO/c1-2-3-4-5-6-13(15)11-7-9-12(14)10-8-11/h2,7-10H,1,3-6H2. The Morgan fingerprint density at radius 3 is 2.53 bits per heavy atom. The number of benzene rings is 1. The Labute approximate surface area is 89.6 Å². The lowest BCUT2D eigenvalue weighted by Gasteiger charge is -2.00. The summed E-state index contributed by atoms with van der Waals surface area (Å²) in [7, 11) is 0. The first-order chi connectivity index (χ1) is 7.24. The van der Waals surface area contributed by atoms with E-state index in [1.54, 1.807) is 0 Å². The largest absolute Gasteiger partial charge is 0.294 e. The van der Waals surface area contributed by atoms with Gasteiger partial charge in [0.25, 0.3) is 0 Å². The maximum absolute atomic E-state index is 12.6. The minimum atomic E-state index is -0.307. The number of rotatable bonds is 6. The Hall–Kier alpha value is -1.44. The third-order valence-corrected chi connectivity index (χ3v) is 2.23. The van der Waals surface area contributed by atoms with Gasteiger partial charge in [0, 0.05) is 12.0 Å². The molecular formula is C13H15FO. The van der Waals surface area contributed by atoms with Gasteiger partial charge in [-0.05, 0) is 43.5 Å². The SMILES string of the molecule is C=CCCCCC(=O)c1ccc(F)cc1. The number of Topliss-reactive ketones (excluding diaryl/α,β-unsaturated/α-hetero) is 1. The molecule has 0 unspecified atom stereocenters. The monoisotopic (exact) mass is 206 g/mol. The van der Waals surface area contributed by atoms with Crippen molar-refractivity contribution in [3.63, 3.8) is 0 Å². The van der Waals surface area contributed by atoms with Gasteiger partial charge in [-0.3, -0.25) is 4.79 Å². The fourth-order valence-corrected chi connectivity index (χ4v) is 1.35. The molecule has 0 heterocycles. The van der Waals surface area contributed by atoms with Crippen molar-refractivity contribution in [1.29, 1.82) is 0 Å². The van der Waals surface area contributed by atoms with Crippen molar-refractivity contribution >= 4 is 5.78 Å². The highest BCUT2D eigenvalue weighted by atomic mass is 19.1. The van der Waals surface area contributed by atoms with E-state index in [0.29, 0.717) is 12.0 Å². The molecule has 0 radical (unpaired) electrons. The molecule has 1 aromatic carbocycles. The first-order valence-electron chi connectivity index (χ1n) is 5.13. The van der Waals surface area contributed by atoms with E-state index in [1.165, 1.54) is 24.3 Å². The summed E-state index contributed by atoms with van der Waals surface area (Å²) in [5, 5.41) is 0. The molecule has 0 bridgehead atoms. The molecule has 0 saturated carbocycles. The zero-order valence-corrected chi connectivity index (χ0v) is 8.71. The Balaban J connectivity index is 2.40. The number of ketones is 1. The maximum atomic E-state index is 12.6. The molecular weight excluding hydrogens is 191 g/mol. The zero-order chi connectivity index (χ0) is 11.1. The molecule has 0 aliphatic heterocycles. The normalized spacial score (nSPS) is 9.93. The second-order valence-corrected chi connectivity index (χ2v) is 3.46. The van der Waals surface area contributed by atoms with Gasteiger partial charge in [-0.1, -0.05) is 6.08 Å². The Bertz CT molecular complexity index is 327. The molecule has 0 aliphatic rings.